The second-order valence-electron chi connectivity index (χ2n) is 10.8. The molecule has 0 aliphatic heterocycles. The van der Waals surface area contributed by atoms with E-state index in [-0.39, 0.29) is 5.56 Å². The Morgan fingerprint density at radius 3 is 2.57 bits per heavy atom. The number of rotatable bonds is 13. The minimum Gasteiger partial charge on any atom is -0.494 e. The highest BCUT2D eigenvalue weighted by molar-refractivity contribution is 7.15. The number of aryl methyl sites for hydroxylation is 1. The van der Waals surface area contributed by atoms with Gasteiger partial charge in [0, 0.05) is 17.3 Å². The van der Waals surface area contributed by atoms with E-state index in [9.17, 15) is 4.79 Å². The fraction of sp³-hybridized carbons (Fsp3) is 0.189. The molecule has 0 saturated heterocycles. The molecule has 0 atom stereocenters. The molecule has 238 valence electrons. The van der Waals surface area contributed by atoms with Crippen molar-refractivity contribution in [2.75, 3.05) is 20.3 Å². The normalized spacial score (nSPS) is 11.9. The molecule has 0 radical (unpaired) electrons. The predicted octanol–water partition coefficient (Wildman–Crippen LogP) is 6.78. The zero-order chi connectivity index (χ0) is 32.8. The van der Waals surface area contributed by atoms with Crippen LogP contribution >= 0.6 is 11.3 Å². The van der Waals surface area contributed by atoms with Crippen molar-refractivity contribution in [2.24, 2.45) is 0 Å². The summed E-state index contributed by atoms with van der Waals surface area (Å²) in [4.78, 5) is 18.6. The van der Waals surface area contributed by atoms with Crippen LogP contribution in [-0.2, 0) is 0 Å². The molecule has 6 aromatic rings. The van der Waals surface area contributed by atoms with Gasteiger partial charge in [0.15, 0.2) is 17.3 Å². The van der Waals surface area contributed by atoms with Crippen molar-refractivity contribution >= 4 is 34.5 Å². The molecule has 0 N–H and O–H groups in total. The molecule has 0 spiro atoms. The molecule has 47 heavy (non-hydrogen) atoms. The largest absolute Gasteiger partial charge is 0.494 e. The van der Waals surface area contributed by atoms with Gasteiger partial charge in [-0.3, -0.25) is 4.79 Å². The maximum absolute atomic E-state index is 13.5. The standard InChI is InChI=1S/C37H35N5O4S/c1-5-7-20-45-29-15-16-30(25(3)21-29)35-27(24-41(40-35)28-11-9-8-10-12-28)23-33-36(43)42-37(47-33)38-34(39-42)18-14-26-13-17-31(46-19-6-2)32(22-26)44-4/h6,8-18,21-24H,2,5,7,19-20H2,1,3-4H3/b18-14+,33-23-. The molecule has 9 nitrogen and oxygen atoms in total. The van der Waals surface area contributed by atoms with Crippen molar-refractivity contribution in [3.63, 3.8) is 0 Å². The smallest absolute Gasteiger partial charge is 0.291 e. The van der Waals surface area contributed by atoms with Crippen LogP contribution in [0.2, 0.25) is 0 Å². The third-order valence-electron chi connectivity index (χ3n) is 7.44. The van der Waals surface area contributed by atoms with Crippen molar-refractivity contribution in [1.29, 1.82) is 0 Å². The predicted molar refractivity (Wildman–Crippen MR) is 188 cm³/mol. The van der Waals surface area contributed by atoms with E-state index in [4.69, 9.17) is 19.3 Å². The number of ether oxygens (including phenoxy) is 3. The lowest BCUT2D eigenvalue weighted by molar-refractivity contribution is 0.309. The van der Waals surface area contributed by atoms with E-state index >= 15 is 0 Å². The molecule has 0 aliphatic rings. The third kappa shape index (κ3) is 7.02. The number of aromatic nitrogens is 5. The van der Waals surface area contributed by atoms with Gasteiger partial charge in [0.25, 0.3) is 5.56 Å². The molecule has 3 aromatic carbocycles. The maximum atomic E-state index is 13.5. The van der Waals surface area contributed by atoms with Crippen molar-refractivity contribution in [1.82, 2.24) is 24.4 Å². The quantitative estimate of drug-likeness (QED) is 0.101. The van der Waals surface area contributed by atoms with Gasteiger partial charge in [-0.1, -0.05) is 67.7 Å². The molecule has 3 aromatic heterocycles. The molecule has 0 fully saturated rings. The first-order valence-corrected chi connectivity index (χ1v) is 16.2. The van der Waals surface area contributed by atoms with Crippen LogP contribution in [-0.4, -0.2) is 44.7 Å². The van der Waals surface area contributed by atoms with Crippen LogP contribution < -0.4 is 24.3 Å². The first-order chi connectivity index (χ1) is 23.0. The summed E-state index contributed by atoms with van der Waals surface area (Å²) < 4.78 is 20.7. The molecule has 6 rings (SSSR count). The van der Waals surface area contributed by atoms with Gasteiger partial charge >= 0.3 is 0 Å². The van der Waals surface area contributed by atoms with Crippen molar-refractivity contribution in [3.05, 3.63) is 123 Å². The lowest BCUT2D eigenvalue weighted by Crippen LogP contribution is -2.23. The highest BCUT2D eigenvalue weighted by Gasteiger charge is 2.16. The van der Waals surface area contributed by atoms with Crippen LogP contribution in [0.1, 0.15) is 42.3 Å². The number of unbranched alkanes of at least 4 members (excludes halogenated alkanes) is 1. The fourth-order valence-electron chi connectivity index (χ4n) is 5.03. The Labute approximate surface area is 276 Å². The van der Waals surface area contributed by atoms with E-state index < -0.39 is 0 Å². The summed E-state index contributed by atoms with van der Waals surface area (Å²) in [6.45, 7) is 8.94. The van der Waals surface area contributed by atoms with Gasteiger partial charge in [0.05, 0.1) is 23.9 Å². The first-order valence-electron chi connectivity index (χ1n) is 15.4. The summed E-state index contributed by atoms with van der Waals surface area (Å²) in [5, 5.41) is 9.44. The SMILES string of the molecule is C=CCOc1ccc(/C=C/c2nc3s/c(=C\c4cn(-c5ccccc5)nc4-c4ccc(OCCCC)cc4C)c(=O)n3n2)cc1OC. The van der Waals surface area contributed by atoms with Crippen LogP contribution in [0, 0.1) is 6.92 Å². The van der Waals surface area contributed by atoms with E-state index in [2.05, 4.69) is 23.6 Å². The number of nitrogens with zero attached hydrogens (tertiary/aromatic N) is 5. The number of thiazole rings is 1. The molecular weight excluding hydrogens is 611 g/mol. The minimum absolute atomic E-state index is 0.239. The third-order valence-corrected chi connectivity index (χ3v) is 8.40. The van der Waals surface area contributed by atoms with Gasteiger partial charge in [-0.2, -0.15) is 14.6 Å². The Hall–Kier alpha value is -5.48. The summed E-state index contributed by atoms with van der Waals surface area (Å²) in [7, 11) is 1.59. The average Bonchev–Trinajstić information content (AvgIpc) is 3.78. The van der Waals surface area contributed by atoms with Crippen LogP contribution in [0.15, 0.2) is 90.4 Å². The molecule has 0 aliphatic carbocycles. The Bertz CT molecular complexity index is 2160. The fourth-order valence-corrected chi connectivity index (χ4v) is 5.93. The Morgan fingerprint density at radius 2 is 1.83 bits per heavy atom. The average molecular weight is 646 g/mol. The Morgan fingerprint density at radius 1 is 0.979 bits per heavy atom. The van der Waals surface area contributed by atoms with E-state index in [1.807, 2.05) is 96.7 Å². The Balaban J connectivity index is 1.33. The zero-order valence-corrected chi connectivity index (χ0v) is 27.4. The zero-order valence-electron chi connectivity index (χ0n) is 26.6. The second-order valence-corrected chi connectivity index (χ2v) is 11.8. The van der Waals surface area contributed by atoms with Gasteiger partial charge in [-0.25, -0.2) is 4.68 Å². The molecule has 0 bridgehead atoms. The van der Waals surface area contributed by atoms with Crippen molar-refractivity contribution < 1.29 is 14.2 Å². The van der Waals surface area contributed by atoms with Crippen LogP contribution in [0.3, 0.4) is 0 Å². The van der Waals surface area contributed by atoms with E-state index in [1.54, 1.807) is 19.3 Å². The Kier molecular flexibility index (Phi) is 9.59. The number of methoxy groups -OCH3 is 1. The van der Waals surface area contributed by atoms with Gasteiger partial charge in [0.1, 0.15) is 18.1 Å². The lowest BCUT2D eigenvalue weighted by atomic mass is 10.0. The summed E-state index contributed by atoms with van der Waals surface area (Å²) in [6.07, 6.45) is 11.2. The minimum atomic E-state index is -0.239. The van der Waals surface area contributed by atoms with Crippen molar-refractivity contribution in [3.8, 4) is 34.2 Å². The second kappa shape index (κ2) is 14.3. The van der Waals surface area contributed by atoms with Crippen LogP contribution in [0.4, 0.5) is 0 Å². The van der Waals surface area contributed by atoms with Crippen LogP contribution in [0.25, 0.3) is 40.1 Å². The number of fused-ring (bicyclic) bond motifs is 1. The molecular formula is C37H35N5O4S. The summed E-state index contributed by atoms with van der Waals surface area (Å²) in [6, 6.07) is 21.6. The first kappa shape index (κ1) is 31.5. The molecule has 0 amide bonds. The number of hydrogen-bond donors (Lipinski definition) is 0. The lowest BCUT2D eigenvalue weighted by Gasteiger charge is -2.09. The molecule has 0 unspecified atom stereocenters. The van der Waals surface area contributed by atoms with E-state index in [0.29, 0.717) is 40.0 Å². The number of para-hydroxylation sites is 1. The molecule has 10 heteroatoms. The van der Waals surface area contributed by atoms with Crippen molar-refractivity contribution in [2.45, 2.75) is 26.7 Å². The summed E-state index contributed by atoms with van der Waals surface area (Å²) in [5.41, 5.74) is 5.13. The topological polar surface area (TPSA) is 92.8 Å². The monoisotopic (exact) mass is 645 g/mol. The summed E-state index contributed by atoms with van der Waals surface area (Å²) >= 11 is 1.29. The highest BCUT2D eigenvalue weighted by Crippen LogP contribution is 2.31. The van der Waals surface area contributed by atoms with Gasteiger partial charge in [-0.05, 0) is 79.1 Å². The molecule has 0 saturated carbocycles. The summed E-state index contributed by atoms with van der Waals surface area (Å²) in [5.74, 6) is 2.50. The van der Waals surface area contributed by atoms with E-state index in [1.165, 1.54) is 15.9 Å². The van der Waals surface area contributed by atoms with Crippen LogP contribution in [0.5, 0.6) is 17.2 Å². The maximum Gasteiger partial charge on any atom is 0.291 e. The number of benzene rings is 3. The number of hydrogen-bond acceptors (Lipinski definition) is 8. The van der Waals surface area contributed by atoms with Gasteiger partial charge in [-0.15, -0.1) is 5.10 Å². The van der Waals surface area contributed by atoms with Gasteiger partial charge < -0.3 is 14.2 Å². The highest BCUT2D eigenvalue weighted by atomic mass is 32.1. The van der Waals surface area contributed by atoms with Gasteiger partial charge in [0.2, 0.25) is 4.96 Å². The van der Waals surface area contributed by atoms with E-state index in [0.717, 1.165) is 52.2 Å². The molecule has 3 heterocycles.